The minimum absolute atomic E-state index is 0.0510. The minimum Gasteiger partial charge on any atom is -0.489 e. The second kappa shape index (κ2) is 3.44. The molecule has 4 heteroatoms. The van der Waals surface area contributed by atoms with Crippen molar-refractivity contribution >= 4 is 17.3 Å². The summed E-state index contributed by atoms with van der Waals surface area (Å²) in [7, 11) is 0. The smallest absolute Gasteiger partial charge is 0.148 e. The van der Waals surface area contributed by atoms with Gasteiger partial charge in [-0.15, -0.1) is 0 Å². The minimum atomic E-state index is -0.0510. The van der Waals surface area contributed by atoms with Gasteiger partial charge in [-0.2, -0.15) is 0 Å². The summed E-state index contributed by atoms with van der Waals surface area (Å²) < 4.78 is 5.42. The summed E-state index contributed by atoms with van der Waals surface area (Å²) in [6.45, 7) is 1.35. The van der Waals surface area contributed by atoms with Crippen molar-refractivity contribution in [2.24, 2.45) is 0 Å². The maximum atomic E-state index is 9.05. The van der Waals surface area contributed by atoms with Gasteiger partial charge in [0.05, 0.1) is 12.3 Å². The zero-order chi connectivity index (χ0) is 9.26. The molecule has 1 aromatic rings. The Labute approximate surface area is 81.3 Å². The van der Waals surface area contributed by atoms with E-state index in [0.717, 1.165) is 23.5 Å². The molecule has 3 nitrogen and oxygen atoms in total. The van der Waals surface area contributed by atoms with Gasteiger partial charge in [-0.1, -0.05) is 11.6 Å². The molecule has 0 unspecified atom stereocenters. The molecule has 1 aliphatic heterocycles. The average Bonchev–Trinajstić information content (AvgIpc) is 2.16. The molecule has 0 amide bonds. The maximum Gasteiger partial charge on any atom is 0.148 e. The summed E-state index contributed by atoms with van der Waals surface area (Å²) in [5, 5.41) is 12.8. The molecule has 13 heavy (non-hydrogen) atoms. The Kier molecular flexibility index (Phi) is 2.29. The van der Waals surface area contributed by atoms with Crippen LogP contribution in [-0.2, 0) is 6.61 Å². The van der Waals surface area contributed by atoms with E-state index in [1.807, 2.05) is 0 Å². The van der Waals surface area contributed by atoms with Crippen molar-refractivity contribution in [2.75, 3.05) is 18.5 Å². The summed E-state index contributed by atoms with van der Waals surface area (Å²) >= 11 is 5.85. The van der Waals surface area contributed by atoms with E-state index in [9.17, 15) is 0 Å². The number of halogens is 1. The fraction of sp³-hybridized carbons (Fsp3) is 0.333. The molecule has 1 aliphatic rings. The number of nitrogens with one attached hydrogen (secondary N) is 1. The third-order valence-corrected chi connectivity index (χ3v) is 2.18. The molecular formula is C9H10ClNO2. The fourth-order valence-electron chi connectivity index (χ4n) is 1.41. The van der Waals surface area contributed by atoms with Crippen LogP contribution in [0.4, 0.5) is 5.69 Å². The standard InChI is InChI=1S/C9H10ClNO2/c10-7-3-6(5-12)9-8(4-7)11-1-2-13-9/h3-4,11-12H,1-2,5H2. The van der Waals surface area contributed by atoms with E-state index < -0.39 is 0 Å². The predicted molar refractivity (Wildman–Crippen MR) is 51.4 cm³/mol. The summed E-state index contributed by atoms with van der Waals surface area (Å²) in [5.41, 5.74) is 1.59. The molecule has 0 spiro atoms. The number of aliphatic hydroxyl groups excluding tert-OH is 1. The van der Waals surface area contributed by atoms with Crippen LogP contribution in [0.2, 0.25) is 5.02 Å². The highest BCUT2D eigenvalue weighted by molar-refractivity contribution is 6.31. The highest BCUT2D eigenvalue weighted by Gasteiger charge is 2.14. The normalized spacial score (nSPS) is 14.3. The van der Waals surface area contributed by atoms with Gasteiger partial charge in [0.15, 0.2) is 0 Å². The maximum absolute atomic E-state index is 9.05. The third kappa shape index (κ3) is 1.57. The van der Waals surface area contributed by atoms with Gasteiger partial charge < -0.3 is 15.2 Å². The van der Waals surface area contributed by atoms with Gasteiger partial charge in [0, 0.05) is 17.1 Å². The number of hydrogen-bond donors (Lipinski definition) is 2. The average molecular weight is 200 g/mol. The van der Waals surface area contributed by atoms with Crippen LogP contribution in [0.1, 0.15) is 5.56 Å². The lowest BCUT2D eigenvalue weighted by atomic mass is 10.1. The van der Waals surface area contributed by atoms with Crippen molar-refractivity contribution < 1.29 is 9.84 Å². The largest absolute Gasteiger partial charge is 0.489 e. The van der Waals surface area contributed by atoms with Gasteiger partial charge >= 0.3 is 0 Å². The lowest BCUT2D eigenvalue weighted by Gasteiger charge is -2.21. The fourth-order valence-corrected chi connectivity index (χ4v) is 1.65. The molecule has 0 atom stereocenters. The summed E-state index contributed by atoms with van der Waals surface area (Å²) in [6, 6.07) is 3.52. The quantitative estimate of drug-likeness (QED) is 0.723. The SMILES string of the molecule is OCc1cc(Cl)cc2c1OCCN2. The Morgan fingerprint density at radius 3 is 3.15 bits per heavy atom. The first-order valence-corrected chi connectivity index (χ1v) is 4.49. The Balaban J connectivity index is 2.50. The zero-order valence-electron chi connectivity index (χ0n) is 7.01. The molecule has 0 saturated carbocycles. The van der Waals surface area contributed by atoms with Gasteiger partial charge in [0.25, 0.3) is 0 Å². The van der Waals surface area contributed by atoms with Crippen molar-refractivity contribution in [3.05, 3.63) is 22.7 Å². The predicted octanol–water partition coefficient (Wildman–Crippen LogP) is 1.64. The second-order valence-corrected chi connectivity index (χ2v) is 3.31. The summed E-state index contributed by atoms with van der Waals surface area (Å²) in [5.74, 6) is 0.721. The van der Waals surface area contributed by atoms with Crippen LogP contribution in [0.5, 0.6) is 5.75 Å². The van der Waals surface area contributed by atoms with E-state index in [4.69, 9.17) is 21.4 Å². The van der Waals surface area contributed by atoms with Crippen molar-refractivity contribution in [1.82, 2.24) is 0 Å². The lowest BCUT2D eigenvalue weighted by Crippen LogP contribution is -2.19. The molecule has 0 aromatic heterocycles. The highest BCUT2D eigenvalue weighted by Crippen LogP contribution is 2.34. The van der Waals surface area contributed by atoms with Crippen molar-refractivity contribution in [3.63, 3.8) is 0 Å². The van der Waals surface area contributed by atoms with Crippen LogP contribution < -0.4 is 10.1 Å². The van der Waals surface area contributed by atoms with Crippen LogP contribution in [0.15, 0.2) is 12.1 Å². The molecular weight excluding hydrogens is 190 g/mol. The zero-order valence-corrected chi connectivity index (χ0v) is 7.77. The number of ether oxygens (including phenoxy) is 1. The Morgan fingerprint density at radius 1 is 1.54 bits per heavy atom. The van der Waals surface area contributed by atoms with E-state index in [2.05, 4.69) is 5.32 Å². The van der Waals surface area contributed by atoms with Crippen molar-refractivity contribution in [1.29, 1.82) is 0 Å². The first-order chi connectivity index (χ1) is 6.31. The number of fused-ring (bicyclic) bond motifs is 1. The molecule has 1 aromatic carbocycles. The molecule has 70 valence electrons. The number of hydrogen-bond acceptors (Lipinski definition) is 3. The van der Waals surface area contributed by atoms with Crippen LogP contribution in [0.25, 0.3) is 0 Å². The molecule has 0 radical (unpaired) electrons. The van der Waals surface area contributed by atoms with Crippen LogP contribution in [0.3, 0.4) is 0 Å². The Bertz CT molecular complexity index is 310. The molecule has 2 N–H and O–H groups in total. The topological polar surface area (TPSA) is 41.5 Å². The van der Waals surface area contributed by atoms with Crippen LogP contribution in [0, 0.1) is 0 Å². The Morgan fingerprint density at radius 2 is 2.38 bits per heavy atom. The number of anilines is 1. The van der Waals surface area contributed by atoms with Gasteiger partial charge in [-0.25, -0.2) is 0 Å². The van der Waals surface area contributed by atoms with Gasteiger partial charge in [-0.3, -0.25) is 0 Å². The number of benzene rings is 1. The van der Waals surface area contributed by atoms with Crippen molar-refractivity contribution in [2.45, 2.75) is 6.61 Å². The number of aliphatic hydroxyl groups is 1. The summed E-state index contributed by atoms with van der Waals surface area (Å²) in [6.07, 6.45) is 0. The third-order valence-electron chi connectivity index (χ3n) is 1.96. The van der Waals surface area contributed by atoms with E-state index in [-0.39, 0.29) is 6.61 Å². The molecule has 0 fully saturated rings. The van der Waals surface area contributed by atoms with E-state index in [1.165, 1.54) is 0 Å². The Hall–Kier alpha value is -0.930. The molecule has 0 bridgehead atoms. The molecule has 0 aliphatic carbocycles. The van der Waals surface area contributed by atoms with Gasteiger partial charge in [0.2, 0.25) is 0 Å². The first kappa shape index (κ1) is 8.66. The lowest BCUT2D eigenvalue weighted by molar-refractivity contribution is 0.263. The van der Waals surface area contributed by atoms with Crippen LogP contribution in [-0.4, -0.2) is 18.3 Å². The summed E-state index contributed by atoms with van der Waals surface area (Å²) in [4.78, 5) is 0. The molecule has 2 rings (SSSR count). The molecule has 0 saturated heterocycles. The second-order valence-electron chi connectivity index (χ2n) is 2.87. The molecule has 1 heterocycles. The van der Waals surface area contributed by atoms with E-state index in [1.54, 1.807) is 12.1 Å². The van der Waals surface area contributed by atoms with E-state index >= 15 is 0 Å². The number of rotatable bonds is 1. The first-order valence-electron chi connectivity index (χ1n) is 4.11. The van der Waals surface area contributed by atoms with Gasteiger partial charge in [0.1, 0.15) is 12.4 Å². The van der Waals surface area contributed by atoms with E-state index in [0.29, 0.717) is 11.6 Å². The van der Waals surface area contributed by atoms with Gasteiger partial charge in [-0.05, 0) is 12.1 Å². The van der Waals surface area contributed by atoms with Crippen molar-refractivity contribution in [3.8, 4) is 5.75 Å². The monoisotopic (exact) mass is 199 g/mol. The van der Waals surface area contributed by atoms with Crippen LogP contribution >= 0.6 is 11.6 Å². The highest BCUT2D eigenvalue weighted by atomic mass is 35.5.